The van der Waals surface area contributed by atoms with Gasteiger partial charge in [0, 0.05) is 29.4 Å². The van der Waals surface area contributed by atoms with Gasteiger partial charge in [0.1, 0.15) is 5.65 Å². The summed E-state index contributed by atoms with van der Waals surface area (Å²) in [6, 6.07) is 10.9. The molecular formula is C17H11ClN4OS. The van der Waals surface area contributed by atoms with Crippen LogP contribution in [0.5, 0.6) is 0 Å². The molecule has 7 heteroatoms. The zero-order chi connectivity index (χ0) is 16.5. The monoisotopic (exact) mass is 354 g/mol. The van der Waals surface area contributed by atoms with Crippen molar-refractivity contribution in [1.29, 1.82) is 0 Å². The molecule has 24 heavy (non-hydrogen) atoms. The van der Waals surface area contributed by atoms with E-state index >= 15 is 0 Å². The first kappa shape index (κ1) is 14.9. The fourth-order valence-corrected chi connectivity index (χ4v) is 3.42. The second-order valence-electron chi connectivity index (χ2n) is 5.02. The minimum Gasteiger partial charge on any atom is -0.346 e. The van der Waals surface area contributed by atoms with Crippen LogP contribution in [0.2, 0.25) is 5.02 Å². The number of rotatable bonds is 2. The van der Waals surface area contributed by atoms with Crippen LogP contribution in [0, 0.1) is 0 Å². The number of benzene rings is 1. The molecule has 4 rings (SSSR count). The summed E-state index contributed by atoms with van der Waals surface area (Å²) in [6.07, 6.45) is 5.19. The first-order valence-electron chi connectivity index (χ1n) is 7.16. The van der Waals surface area contributed by atoms with E-state index in [4.69, 9.17) is 11.6 Å². The second kappa shape index (κ2) is 6.07. The fourth-order valence-electron chi connectivity index (χ4n) is 2.48. The third kappa shape index (κ3) is 2.55. The first-order chi connectivity index (χ1) is 11.7. The topological polar surface area (TPSA) is 63.0 Å². The number of amides is 1. The van der Waals surface area contributed by atoms with Gasteiger partial charge in [0.15, 0.2) is 4.80 Å². The molecule has 0 fully saturated rings. The molecule has 0 saturated carbocycles. The number of nitrogens with one attached hydrogen (secondary N) is 1. The first-order valence-corrected chi connectivity index (χ1v) is 8.42. The molecular weight excluding hydrogens is 344 g/mol. The summed E-state index contributed by atoms with van der Waals surface area (Å²) < 4.78 is 1.81. The van der Waals surface area contributed by atoms with Gasteiger partial charge in [-0.3, -0.25) is 9.36 Å². The van der Waals surface area contributed by atoms with Crippen molar-refractivity contribution < 1.29 is 4.79 Å². The summed E-state index contributed by atoms with van der Waals surface area (Å²) in [5.74, 6) is -0.315. The number of para-hydroxylation sites is 1. The van der Waals surface area contributed by atoms with E-state index in [1.807, 2.05) is 35.8 Å². The lowest BCUT2D eigenvalue weighted by Crippen LogP contribution is -2.15. The highest BCUT2D eigenvalue weighted by Crippen LogP contribution is 2.19. The van der Waals surface area contributed by atoms with Crippen LogP contribution in [0.3, 0.4) is 0 Å². The van der Waals surface area contributed by atoms with E-state index in [2.05, 4.69) is 15.0 Å². The van der Waals surface area contributed by atoms with Gasteiger partial charge in [-0.2, -0.15) is 4.99 Å². The second-order valence-corrected chi connectivity index (χ2v) is 6.30. The van der Waals surface area contributed by atoms with Crippen LogP contribution in [0.1, 0.15) is 10.4 Å². The van der Waals surface area contributed by atoms with E-state index in [9.17, 15) is 4.79 Å². The SMILES string of the molecule is O=C(N=c1sccn1-c1ccccc1Cl)c1ccnc2[nH]ccc12. The summed E-state index contributed by atoms with van der Waals surface area (Å²) in [5.41, 5.74) is 1.97. The molecule has 3 aromatic heterocycles. The molecule has 118 valence electrons. The van der Waals surface area contributed by atoms with Gasteiger partial charge in [-0.25, -0.2) is 4.98 Å². The van der Waals surface area contributed by atoms with E-state index in [0.717, 1.165) is 11.1 Å². The van der Waals surface area contributed by atoms with Gasteiger partial charge in [-0.05, 0) is 24.3 Å². The van der Waals surface area contributed by atoms with Crippen molar-refractivity contribution >= 4 is 39.9 Å². The van der Waals surface area contributed by atoms with E-state index in [-0.39, 0.29) is 5.91 Å². The Hall–Kier alpha value is -2.70. The van der Waals surface area contributed by atoms with E-state index in [1.54, 1.807) is 29.1 Å². The Bertz CT molecular complexity index is 1110. The van der Waals surface area contributed by atoms with Crippen LogP contribution in [0.15, 0.2) is 65.4 Å². The maximum atomic E-state index is 12.6. The number of carbonyl (C=O) groups is 1. The Labute approximate surface area is 145 Å². The van der Waals surface area contributed by atoms with Crippen LogP contribution in [-0.2, 0) is 0 Å². The Morgan fingerprint density at radius 3 is 3.00 bits per heavy atom. The smallest absolute Gasteiger partial charge is 0.280 e. The summed E-state index contributed by atoms with van der Waals surface area (Å²) in [7, 11) is 0. The number of thiazole rings is 1. The molecule has 0 saturated heterocycles. The molecule has 1 aromatic carbocycles. The normalized spacial score (nSPS) is 12.0. The minimum absolute atomic E-state index is 0.315. The van der Waals surface area contributed by atoms with Crippen molar-refractivity contribution in [3.63, 3.8) is 0 Å². The molecule has 0 atom stereocenters. The largest absolute Gasteiger partial charge is 0.346 e. The Morgan fingerprint density at radius 1 is 1.25 bits per heavy atom. The van der Waals surface area contributed by atoms with Crippen LogP contribution in [0.25, 0.3) is 16.7 Å². The predicted octanol–water partition coefficient (Wildman–Crippen LogP) is 3.81. The predicted molar refractivity (Wildman–Crippen MR) is 94.6 cm³/mol. The van der Waals surface area contributed by atoms with Gasteiger partial charge in [-0.15, -0.1) is 11.3 Å². The van der Waals surface area contributed by atoms with Crippen molar-refractivity contribution in [2.75, 3.05) is 0 Å². The number of pyridine rings is 1. The number of aromatic amines is 1. The third-order valence-corrected chi connectivity index (χ3v) is 4.67. The summed E-state index contributed by atoms with van der Waals surface area (Å²) in [5, 5.41) is 3.22. The third-order valence-electron chi connectivity index (χ3n) is 3.59. The van der Waals surface area contributed by atoms with Gasteiger partial charge >= 0.3 is 0 Å². The average molecular weight is 355 g/mol. The Balaban J connectivity index is 1.83. The molecule has 0 bridgehead atoms. The number of nitrogens with zero attached hydrogens (tertiary/aromatic N) is 3. The average Bonchev–Trinajstić information content (AvgIpc) is 3.24. The Kier molecular flexibility index (Phi) is 3.76. The van der Waals surface area contributed by atoms with Crippen LogP contribution >= 0.6 is 22.9 Å². The van der Waals surface area contributed by atoms with Crippen LogP contribution in [-0.4, -0.2) is 20.4 Å². The zero-order valence-corrected chi connectivity index (χ0v) is 13.9. The number of H-pyrrole nitrogens is 1. The van der Waals surface area contributed by atoms with E-state index in [1.165, 1.54) is 11.3 Å². The lowest BCUT2D eigenvalue weighted by Gasteiger charge is -2.04. The van der Waals surface area contributed by atoms with Crippen LogP contribution < -0.4 is 4.80 Å². The molecule has 0 spiro atoms. The van der Waals surface area contributed by atoms with Gasteiger partial charge in [0.2, 0.25) is 0 Å². The van der Waals surface area contributed by atoms with Crippen molar-refractivity contribution in [3.8, 4) is 5.69 Å². The highest BCUT2D eigenvalue weighted by atomic mass is 35.5. The number of halogens is 1. The van der Waals surface area contributed by atoms with Crippen LogP contribution in [0.4, 0.5) is 0 Å². The van der Waals surface area contributed by atoms with E-state index < -0.39 is 0 Å². The molecule has 0 aliphatic heterocycles. The minimum atomic E-state index is -0.315. The van der Waals surface area contributed by atoms with E-state index in [0.29, 0.717) is 21.0 Å². The maximum absolute atomic E-state index is 12.6. The molecule has 0 aliphatic rings. The molecule has 1 amide bonds. The molecule has 0 aliphatic carbocycles. The summed E-state index contributed by atoms with van der Waals surface area (Å²) in [4.78, 5) is 24.7. The number of hydrogen-bond acceptors (Lipinski definition) is 3. The highest BCUT2D eigenvalue weighted by Gasteiger charge is 2.11. The molecule has 4 aromatic rings. The van der Waals surface area contributed by atoms with Gasteiger partial charge in [0.05, 0.1) is 16.3 Å². The molecule has 3 heterocycles. The molecule has 1 N–H and O–H groups in total. The quantitative estimate of drug-likeness (QED) is 0.595. The number of hydrogen-bond donors (Lipinski definition) is 1. The summed E-state index contributed by atoms with van der Waals surface area (Å²) >= 11 is 7.63. The number of fused-ring (bicyclic) bond motifs is 1. The Morgan fingerprint density at radius 2 is 2.12 bits per heavy atom. The lowest BCUT2D eigenvalue weighted by molar-refractivity contribution is 0.0999. The van der Waals surface area contributed by atoms with Crippen molar-refractivity contribution in [3.05, 3.63) is 75.8 Å². The lowest BCUT2D eigenvalue weighted by atomic mass is 10.2. The molecule has 0 unspecified atom stereocenters. The number of aromatic nitrogens is 3. The maximum Gasteiger partial charge on any atom is 0.280 e. The highest BCUT2D eigenvalue weighted by molar-refractivity contribution is 7.07. The van der Waals surface area contributed by atoms with Crippen molar-refractivity contribution in [1.82, 2.24) is 14.5 Å². The fraction of sp³-hybridized carbons (Fsp3) is 0. The molecule has 0 radical (unpaired) electrons. The van der Waals surface area contributed by atoms with Crippen molar-refractivity contribution in [2.24, 2.45) is 4.99 Å². The van der Waals surface area contributed by atoms with Gasteiger partial charge < -0.3 is 4.98 Å². The van der Waals surface area contributed by atoms with Crippen molar-refractivity contribution in [2.45, 2.75) is 0 Å². The standard InChI is InChI=1S/C17H11ClN4OS/c18-13-3-1-2-4-14(13)22-9-10-24-17(22)21-16(23)12-6-8-20-15-11(12)5-7-19-15/h1-10H,(H,19,20). The van der Waals surface area contributed by atoms with Gasteiger partial charge in [-0.1, -0.05) is 23.7 Å². The molecule has 5 nitrogen and oxygen atoms in total. The summed E-state index contributed by atoms with van der Waals surface area (Å²) in [6.45, 7) is 0. The zero-order valence-electron chi connectivity index (χ0n) is 12.3. The van der Waals surface area contributed by atoms with Gasteiger partial charge in [0.25, 0.3) is 5.91 Å². The number of carbonyl (C=O) groups excluding carboxylic acids is 1.